The van der Waals surface area contributed by atoms with Gasteiger partial charge in [-0.25, -0.2) is 4.39 Å². The van der Waals surface area contributed by atoms with Gasteiger partial charge in [0, 0.05) is 19.2 Å². The summed E-state index contributed by atoms with van der Waals surface area (Å²) in [6.07, 6.45) is 1.61. The molecule has 0 aliphatic carbocycles. The van der Waals surface area contributed by atoms with Crippen molar-refractivity contribution in [2.24, 2.45) is 0 Å². The first-order chi connectivity index (χ1) is 8.61. The van der Waals surface area contributed by atoms with E-state index >= 15 is 0 Å². The minimum atomic E-state index is -0.467. The third-order valence-electron chi connectivity index (χ3n) is 2.69. The summed E-state index contributed by atoms with van der Waals surface area (Å²) in [5.74, 6) is 0.510. The number of nitrogens with zero attached hydrogens (tertiary/aromatic N) is 1. The van der Waals surface area contributed by atoms with Crippen LogP contribution in [0.25, 0.3) is 0 Å². The number of hydrogen-bond acceptors (Lipinski definition) is 4. The number of rotatable bonds is 4. The van der Waals surface area contributed by atoms with Crippen LogP contribution < -0.4 is 15.4 Å². The van der Waals surface area contributed by atoms with Crippen molar-refractivity contribution < 1.29 is 13.5 Å². The predicted molar refractivity (Wildman–Crippen MR) is 68.2 cm³/mol. The maximum absolute atomic E-state index is 13.4. The Labute approximate surface area is 105 Å². The number of nitrogen functional groups attached to an aromatic ring is 1. The monoisotopic (exact) mass is 250 g/mol. The Kier molecular flexibility index (Phi) is 3.41. The minimum absolute atomic E-state index is 0.172. The number of furan rings is 1. The Bertz CT molecular complexity index is 526. The molecule has 4 nitrogen and oxygen atoms in total. The second-order valence-corrected chi connectivity index (χ2v) is 3.98. The van der Waals surface area contributed by atoms with Crippen LogP contribution in [0.5, 0.6) is 5.75 Å². The van der Waals surface area contributed by atoms with E-state index in [9.17, 15) is 4.39 Å². The van der Waals surface area contributed by atoms with E-state index in [1.54, 1.807) is 12.3 Å². The van der Waals surface area contributed by atoms with Crippen molar-refractivity contribution in [3.63, 3.8) is 0 Å². The Morgan fingerprint density at radius 1 is 1.44 bits per heavy atom. The highest BCUT2D eigenvalue weighted by Crippen LogP contribution is 2.31. The zero-order chi connectivity index (χ0) is 13.1. The van der Waals surface area contributed by atoms with Gasteiger partial charge in [-0.3, -0.25) is 0 Å². The van der Waals surface area contributed by atoms with Gasteiger partial charge < -0.3 is 19.8 Å². The maximum Gasteiger partial charge on any atom is 0.167 e. The van der Waals surface area contributed by atoms with Crippen LogP contribution in [0.4, 0.5) is 15.8 Å². The quantitative estimate of drug-likeness (QED) is 0.847. The third-order valence-corrected chi connectivity index (χ3v) is 2.69. The number of anilines is 2. The normalized spacial score (nSPS) is 10.4. The summed E-state index contributed by atoms with van der Waals surface area (Å²) in [5, 5.41) is 0. The van der Waals surface area contributed by atoms with Crippen LogP contribution in [0.1, 0.15) is 5.76 Å². The molecule has 0 spiro atoms. The fourth-order valence-corrected chi connectivity index (χ4v) is 1.77. The largest absolute Gasteiger partial charge is 0.494 e. The molecule has 0 aliphatic heterocycles. The number of hydrogen-bond donors (Lipinski definition) is 1. The van der Waals surface area contributed by atoms with E-state index < -0.39 is 5.82 Å². The zero-order valence-electron chi connectivity index (χ0n) is 10.3. The van der Waals surface area contributed by atoms with Crippen LogP contribution in [-0.4, -0.2) is 14.2 Å². The molecule has 0 radical (unpaired) electrons. The van der Waals surface area contributed by atoms with Crippen molar-refractivity contribution in [2.75, 3.05) is 24.8 Å². The molecule has 0 saturated heterocycles. The molecule has 1 heterocycles. The molecule has 1 aromatic heterocycles. The van der Waals surface area contributed by atoms with E-state index in [1.165, 1.54) is 13.2 Å². The van der Waals surface area contributed by atoms with Crippen molar-refractivity contribution >= 4 is 11.4 Å². The molecule has 96 valence electrons. The molecule has 18 heavy (non-hydrogen) atoms. The molecule has 2 rings (SSSR count). The summed E-state index contributed by atoms with van der Waals surface area (Å²) >= 11 is 0. The van der Waals surface area contributed by atoms with E-state index in [0.29, 0.717) is 17.9 Å². The second-order valence-electron chi connectivity index (χ2n) is 3.98. The predicted octanol–water partition coefficient (Wildman–Crippen LogP) is 2.65. The van der Waals surface area contributed by atoms with Crippen LogP contribution in [0.3, 0.4) is 0 Å². The molecule has 0 amide bonds. The fraction of sp³-hybridized carbons (Fsp3) is 0.231. The third kappa shape index (κ3) is 2.40. The molecule has 1 aromatic carbocycles. The lowest BCUT2D eigenvalue weighted by Gasteiger charge is -2.20. The Balaban J connectivity index is 2.26. The molecular weight excluding hydrogens is 235 g/mol. The Morgan fingerprint density at radius 2 is 2.22 bits per heavy atom. The molecule has 0 aliphatic rings. The number of nitrogens with two attached hydrogens (primary N) is 1. The van der Waals surface area contributed by atoms with Gasteiger partial charge in [-0.15, -0.1) is 0 Å². The van der Waals surface area contributed by atoms with Gasteiger partial charge in [-0.1, -0.05) is 0 Å². The Morgan fingerprint density at radius 3 is 2.83 bits per heavy atom. The lowest BCUT2D eigenvalue weighted by molar-refractivity contribution is 0.386. The van der Waals surface area contributed by atoms with E-state index in [0.717, 1.165) is 5.76 Å². The van der Waals surface area contributed by atoms with E-state index in [4.69, 9.17) is 14.9 Å². The van der Waals surface area contributed by atoms with Crippen LogP contribution in [0, 0.1) is 5.82 Å². The molecule has 5 heteroatoms. The summed E-state index contributed by atoms with van der Waals surface area (Å²) in [6.45, 7) is 0.548. The lowest BCUT2D eigenvalue weighted by Crippen LogP contribution is -2.17. The van der Waals surface area contributed by atoms with Crippen LogP contribution in [0.2, 0.25) is 0 Å². The lowest BCUT2D eigenvalue weighted by atomic mass is 10.2. The van der Waals surface area contributed by atoms with Gasteiger partial charge in [0.15, 0.2) is 11.6 Å². The van der Waals surface area contributed by atoms with Gasteiger partial charge in [0.1, 0.15) is 5.76 Å². The molecule has 0 atom stereocenters. The average molecular weight is 250 g/mol. The van der Waals surface area contributed by atoms with Gasteiger partial charge in [-0.2, -0.15) is 0 Å². The molecule has 0 fully saturated rings. The summed E-state index contributed by atoms with van der Waals surface area (Å²) in [4.78, 5) is 1.87. The highest BCUT2D eigenvalue weighted by Gasteiger charge is 2.12. The molecule has 0 unspecified atom stereocenters. The smallest absolute Gasteiger partial charge is 0.167 e. The van der Waals surface area contributed by atoms with Crippen LogP contribution in [-0.2, 0) is 6.54 Å². The number of methoxy groups -OCH3 is 1. The van der Waals surface area contributed by atoms with Crippen molar-refractivity contribution in [1.82, 2.24) is 0 Å². The minimum Gasteiger partial charge on any atom is -0.494 e. The van der Waals surface area contributed by atoms with E-state index in [1.807, 2.05) is 24.1 Å². The highest BCUT2D eigenvalue weighted by molar-refractivity contribution is 5.69. The number of benzene rings is 1. The van der Waals surface area contributed by atoms with Gasteiger partial charge in [0.25, 0.3) is 0 Å². The van der Waals surface area contributed by atoms with Crippen molar-refractivity contribution in [2.45, 2.75) is 6.54 Å². The molecule has 0 bridgehead atoms. The zero-order valence-corrected chi connectivity index (χ0v) is 10.3. The molecule has 2 aromatic rings. The Hall–Kier alpha value is -2.17. The van der Waals surface area contributed by atoms with Crippen molar-refractivity contribution in [1.29, 1.82) is 0 Å². The van der Waals surface area contributed by atoms with Gasteiger partial charge in [0.2, 0.25) is 0 Å². The topological polar surface area (TPSA) is 51.6 Å². The molecule has 2 N–H and O–H groups in total. The van der Waals surface area contributed by atoms with Crippen molar-refractivity contribution in [3.05, 3.63) is 42.1 Å². The first kappa shape index (κ1) is 12.3. The number of halogens is 1. The van der Waals surface area contributed by atoms with Crippen molar-refractivity contribution in [3.8, 4) is 5.75 Å². The number of ether oxygens (including phenoxy) is 1. The SMILES string of the molecule is COc1cc(N(C)Cc2ccco2)c(N)cc1F. The van der Waals surface area contributed by atoms with E-state index in [2.05, 4.69) is 0 Å². The van der Waals surface area contributed by atoms with Gasteiger partial charge in [-0.05, 0) is 12.1 Å². The van der Waals surface area contributed by atoms with Gasteiger partial charge in [0.05, 0.1) is 31.3 Å². The van der Waals surface area contributed by atoms with E-state index in [-0.39, 0.29) is 5.75 Å². The summed E-state index contributed by atoms with van der Waals surface area (Å²) in [7, 11) is 3.27. The standard InChI is InChI=1S/C13H15FN2O2/c1-16(8-9-4-3-5-18-9)12-7-13(17-2)10(14)6-11(12)15/h3-7H,8,15H2,1-2H3. The highest BCUT2D eigenvalue weighted by atomic mass is 19.1. The second kappa shape index (κ2) is 5.00. The van der Waals surface area contributed by atoms with Gasteiger partial charge >= 0.3 is 0 Å². The van der Waals surface area contributed by atoms with Crippen LogP contribution in [0.15, 0.2) is 34.9 Å². The summed E-state index contributed by atoms with van der Waals surface area (Å²) in [6, 6.07) is 6.52. The molecule has 0 saturated carbocycles. The summed E-state index contributed by atoms with van der Waals surface area (Å²) < 4.78 is 23.6. The molecular formula is C13H15FN2O2. The van der Waals surface area contributed by atoms with Crippen LogP contribution >= 0.6 is 0 Å². The average Bonchev–Trinajstić information content (AvgIpc) is 2.81. The first-order valence-corrected chi connectivity index (χ1v) is 5.48. The first-order valence-electron chi connectivity index (χ1n) is 5.48. The maximum atomic E-state index is 13.4. The summed E-state index contributed by atoms with van der Waals surface area (Å²) in [5.41, 5.74) is 6.87. The fourth-order valence-electron chi connectivity index (χ4n) is 1.77.